The van der Waals surface area contributed by atoms with Crippen molar-refractivity contribution in [3.8, 4) is 5.75 Å². The van der Waals surface area contributed by atoms with E-state index in [0.29, 0.717) is 32.0 Å². The first-order chi connectivity index (χ1) is 13.6. The number of hydrogen-bond donors (Lipinski definition) is 2. The second kappa shape index (κ2) is 9.05. The molecule has 7 nitrogen and oxygen atoms in total. The largest absolute Gasteiger partial charge is 0.497 e. The Morgan fingerprint density at radius 1 is 1.24 bits per heavy atom. The van der Waals surface area contributed by atoms with Crippen molar-refractivity contribution in [2.75, 3.05) is 39.9 Å². The first kappa shape index (κ1) is 21.5. The Kier molecular flexibility index (Phi) is 6.70. The fourth-order valence-electron chi connectivity index (χ4n) is 4.57. The van der Waals surface area contributed by atoms with Crippen LogP contribution in [0, 0.1) is 17.8 Å². The van der Waals surface area contributed by atoms with Crippen molar-refractivity contribution in [3.63, 3.8) is 0 Å². The Morgan fingerprint density at radius 2 is 2.07 bits per heavy atom. The fraction of sp³-hybridized carbons (Fsp3) is 0.524. The number of likely N-dealkylation sites (tertiary alicyclic amines) is 1. The van der Waals surface area contributed by atoms with Gasteiger partial charge in [-0.05, 0) is 49.5 Å². The first-order valence-electron chi connectivity index (χ1n) is 9.89. The Bertz CT molecular complexity index is 884. The highest BCUT2D eigenvalue weighted by Crippen LogP contribution is 2.33. The number of carbonyl (C=O) groups is 2. The lowest BCUT2D eigenvalue weighted by Gasteiger charge is -2.39. The molecule has 2 aromatic rings. The highest BCUT2D eigenvalue weighted by atomic mass is 35.5. The van der Waals surface area contributed by atoms with Gasteiger partial charge >= 0.3 is 5.97 Å². The van der Waals surface area contributed by atoms with Gasteiger partial charge in [-0.2, -0.15) is 0 Å². The van der Waals surface area contributed by atoms with Crippen LogP contribution in [0.4, 0.5) is 0 Å². The van der Waals surface area contributed by atoms with Gasteiger partial charge in [0.25, 0.3) is 0 Å². The third-order valence-electron chi connectivity index (χ3n) is 6.04. The summed E-state index contributed by atoms with van der Waals surface area (Å²) in [5.41, 5.74) is 1.91. The molecular formula is C21H28ClN3O4. The average Bonchev–Trinajstić information content (AvgIpc) is 3.33. The SMILES string of the molecule is CCOC(=O)C1CN(C(=O)Cc2c[nH]c3cc(OC)ccc23)CC2CNCC21.Cl. The van der Waals surface area contributed by atoms with Crippen molar-refractivity contribution in [2.24, 2.45) is 17.8 Å². The van der Waals surface area contributed by atoms with E-state index in [0.717, 1.165) is 35.3 Å². The summed E-state index contributed by atoms with van der Waals surface area (Å²) in [6.45, 7) is 4.99. The number of halogens is 1. The molecular weight excluding hydrogens is 394 g/mol. The molecule has 3 unspecified atom stereocenters. The molecule has 2 aliphatic rings. The minimum Gasteiger partial charge on any atom is -0.497 e. The Morgan fingerprint density at radius 3 is 2.83 bits per heavy atom. The summed E-state index contributed by atoms with van der Waals surface area (Å²) in [7, 11) is 1.63. The van der Waals surface area contributed by atoms with Crippen molar-refractivity contribution in [1.29, 1.82) is 0 Å². The van der Waals surface area contributed by atoms with Gasteiger partial charge in [-0.1, -0.05) is 0 Å². The molecule has 2 N–H and O–H groups in total. The fourth-order valence-corrected chi connectivity index (χ4v) is 4.57. The number of rotatable bonds is 5. The molecule has 3 atom stereocenters. The second-order valence-corrected chi connectivity index (χ2v) is 7.64. The molecule has 0 radical (unpaired) electrons. The Balaban J connectivity index is 0.00000240. The minimum absolute atomic E-state index is 0. The average molecular weight is 422 g/mol. The van der Waals surface area contributed by atoms with Crippen molar-refractivity contribution in [2.45, 2.75) is 13.3 Å². The molecule has 1 aromatic carbocycles. The standard InChI is InChI=1S/C21H27N3O4.ClH/c1-3-28-21(26)18-12-24(11-14-8-22-10-17(14)18)20(25)6-13-9-23-19-7-15(27-2)4-5-16(13)19;/h4-5,7,9,14,17-18,22-23H,3,6,8,10-12H2,1-2H3;1H. The molecule has 8 heteroatoms. The molecule has 0 aliphatic carbocycles. The lowest BCUT2D eigenvalue weighted by atomic mass is 9.79. The lowest BCUT2D eigenvalue weighted by Crippen LogP contribution is -2.51. The van der Waals surface area contributed by atoms with Gasteiger partial charge in [-0.3, -0.25) is 9.59 Å². The number of aromatic amines is 1. The number of fused-ring (bicyclic) bond motifs is 2. The van der Waals surface area contributed by atoms with Gasteiger partial charge in [0.05, 0.1) is 26.1 Å². The van der Waals surface area contributed by atoms with E-state index < -0.39 is 0 Å². The topological polar surface area (TPSA) is 83.7 Å². The molecule has 2 fully saturated rings. The molecule has 0 bridgehead atoms. The number of ether oxygens (including phenoxy) is 2. The van der Waals surface area contributed by atoms with E-state index in [-0.39, 0.29) is 36.1 Å². The van der Waals surface area contributed by atoms with E-state index in [1.165, 1.54) is 0 Å². The molecule has 29 heavy (non-hydrogen) atoms. The predicted molar refractivity (Wildman–Crippen MR) is 112 cm³/mol. The number of methoxy groups -OCH3 is 1. The zero-order valence-corrected chi connectivity index (χ0v) is 17.6. The summed E-state index contributed by atoms with van der Waals surface area (Å²) in [4.78, 5) is 30.6. The second-order valence-electron chi connectivity index (χ2n) is 7.64. The van der Waals surface area contributed by atoms with Gasteiger partial charge in [0.2, 0.25) is 5.91 Å². The van der Waals surface area contributed by atoms with Crippen LogP contribution in [0.3, 0.4) is 0 Å². The third kappa shape index (κ3) is 4.21. The maximum atomic E-state index is 13.1. The van der Waals surface area contributed by atoms with Gasteiger partial charge in [0.1, 0.15) is 5.75 Å². The van der Waals surface area contributed by atoms with Crippen LogP contribution in [-0.4, -0.2) is 61.7 Å². The van der Waals surface area contributed by atoms with Gasteiger partial charge in [0.15, 0.2) is 0 Å². The maximum Gasteiger partial charge on any atom is 0.311 e. The zero-order chi connectivity index (χ0) is 19.7. The smallest absolute Gasteiger partial charge is 0.311 e. The van der Waals surface area contributed by atoms with Crippen LogP contribution in [0.5, 0.6) is 5.75 Å². The number of H-pyrrole nitrogens is 1. The van der Waals surface area contributed by atoms with Crippen molar-refractivity contribution in [1.82, 2.24) is 15.2 Å². The van der Waals surface area contributed by atoms with Gasteiger partial charge in [-0.25, -0.2) is 0 Å². The van der Waals surface area contributed by atoms with Crippen molar-refractivity contribution >= 4 is 35.2 Å². The van der Waals surface area contributed by atoms with Crippen LogP contribution in [0.25, 0.3) is 10.9 Å². The summed E-state index contributed by atoms with van der Waals surface area (Å²) >= 11 is 0. The lowest BCUT2D eigenvalue weighted by molar-refractivity contribution is -0.154. The summed E-state index contributed by atoms with van der Waals surface area (Å²) in [5, 5.41) is 4.39. The van der Waals surface area contributed by atoms with Gasteiger partial charge in [-0.15, -0.1) is 12.4 Å². The normalized spacial score (nSPS) is 23.4. The van der Waals surface area contributed by atoms with Crippen LogP contribution in [0.15, 0.2) is 24.4 Å². The molecule has 158 valence electrons. The summed E-state index contributed by atoms with van der Waals surface area (Å²) in [6, 6.07) is 5.80. The van der Waals surface area contributed by atoms with Gasteiger partial charge < -0.3 is 24.7 Å². The predicted octanol–water partition coefficient (Wildman–Crippen LogP) is 2.00. The molecule has 1 amide bonds. The summed E-state index contributed by atoms with van der Waals surface area (Å²) in [5.74, 6) is 0.961. The Hall–Kier alpha value is -2.25. The van der Waals surface area contributed by atoms with E-state index in [1.807, 2.05) is 36.2 Å². The van der Waals surface area contributed by atoms with Gasteiger partial charge in [0, 0.05) is 36.3 Å². The molecule has 0 spiro atoms. The van der Waals surface area contributed by atoms with Crippen LogP contribution in [0.1, 0.15) is 12.5 Å². The van der Waals surface area contributed by atoms with Crippen LogP contribution in [-0.2, 0) is 20.7 Å². The number of nitrogens with one attached hydrogen (secondary N) is 2. The highest BCUT2D eigenvalue weighted by molar-refractivity contribution is 5.90. The van der Waals surface area contributed by atoms with E-state index >= 15 is 0 Å². The van der Waals surface area contributed by atoms with Crippen LogP contribution >= 0.6 is 12.4 Å². The van der Waals surface area contributed by atoms with Crippen LogP contribution < -0.4 is 10.1 Å². The number of amides is 1. The van der Waals surface area contributed by atoms with Crippen molar-refractivity contribution < 1.29 is 19.1 Å². The van der Waals surface area contributed by atoms with E-state index in [9.17, 15) is 9.59 Å². The van der Waals surface area contributed by atoms with Crippen molar-refractivity contribution in [3.05, 3.63) is 30.0 Å². The van der Waals surface area contributed by atoms with E-state index in [4.69, 9.17) is 9.47 Å². The van der Waals surface area contributed by atoms with E-state index in [1.54, 1.807) is 7.11 Å². The number of benzene rings is 1. The molecule has 2 aliphatic heterocycles. The zero-order valence-electron chi connectivity index (χ0n) is 16.8. The third-order valence-corrected chi connectivity index (χ3v) is 6.04. The quantitative estimate of drug-likeness (QED) is 0.721. The monoisotopic (exact) mass is 421 g/mol. The molecule has 3 heterocycles. The molecule has 0 saturated carbocycles. The number of carbonyl (C=O) groups excluding carboxylic acids is 2. The minimum atomic E-state index is -0.245. The number of nitrogens with zero attached hydrogens (tertiary/aromatic N) is 1. The molecule has 1 aromatic heterocycles. The number of esters is 1. The highest BCUT2D eigenvalue weighted by Gasteiger charge is 2.44. The first-order valence-corrected chi connectivity index (χ1v) is 9.89. The number of piperidine rings is 1. The van der Waals surface area contributed by atoms with Crippen LogP contribution in [0.2, 0.25) is 0 Å². The number of hydrogen-bond acceptors (Lipinski definition) is 5. The summed E-state index contributed by atoms with van der Waals surface area (Å²) < 4.78 is 10.5. The Labute approximate surface area is 176 Å². The number of aromatic nitrogens is 1. The van der Waals surface area contributed by atoms with E-state index in [2.05, 4.69) is 10.3 Å². The molecule has 2 saturated heterocycles. The summed E-state index contributed by atoms with van der Waals surface area (Å²) in [6.07, 6.45) is 2.20. The maximum absolute atomic E-state index is 13.1. The molecule has 4 rings (SSSR count).